The maximum atomic E-state index is 13.1. The van der Waals surface area contributed by atoms with Crippen LogP contribution in [-0.4, -0.2) is 28.7 Å². The predicted molar refractivity (Wildman–Crippen MR) is 101 cm³/mol. The summed E-state index contributed by atoms with van der Waals surface area (Å²) in [5, 5.41) is 2.91. The van der Waals surface area contributed by atoms with Gasteiger partial charge < -0.3 is 5.32 Å². The molecule has 7 unspecified atom stereocenters. The normalized spacial score (nSPS) is 36.5. The van der Waals surface area contributed by atoms with E-state index in [1.54, 1.807) is 6.92 Å². The van der Waals surface area contributed by atoms with Crippen molar-refractivity contribution in [2.75, 3.05) is 5.32 Å². The fraction of sp³-hybridized carbons (Fsp3) is 0.500. The molecule has 1 saturated heterocycles. The number of carbonyl (C=O) groups is 3. The third-order valence-electron chi connectivity index (χ3n) is 7.11. The zero-order valence-corrected chi connectivity index (χ0v) is 15.8. The minimum Gasteiger partial charge on any atom is -0.324 e. The highest BCUT2D eigenvalue weighted by Crippen LogP contribution is 2.65. The Morgan fingerprint density at radius 1 is 1.07 bits per heavy atom. The molecule has 1 heterocycles. The van der Waals surface area contributed by atoms with Crippen LogP contribution in [0.4, 0.5) is 5.69 Å². The standard InChI is InChI=1S/C22H24N2O3/c1-10-4-5-11(2)17(8-10)23-20(25)12(3)24-21(26)18-13-6-7-14(16-9-15(13)16)19(18)22(24)27/h4-8,12-16,18-19H,9H2,1-3H3,(H,23,25). The van der Waals surface area contributed by atoms with E-state index in [-0.39, 0.29) is 41.4 Å². The van der Waals surface area contributed by atoms with Crippen LogP contribution in [0.3, 0.4) is 0 Å². The summed E-state index contributed by atoms with van der Waals surface area (Å²) in [6, 6.07) is 5.05. The molecule has 7 atom stereocenters. The second kappa shape index (κ2) is 5.54. The van der Waals surface area contributed by atoms with Crippen molar-refractivity contribution < 1.29 is 14.4 Å². The van der Waals surface area contributed by atoms with Gasteiger partial charge in [0.25, 0.3) is 0 Å². The predicted octanol–water partition coefficient (Wildman–Crippen LogP) is 2.68. The lowest BCUT2D eigenvalue weighted by atomic mass is 9.63. The van der Waals surface area contributed by atoms with E-state index in [2.05, 4.69) is 17.5 Å². The van der Waals surface area contributed by atoms with Crippen LogP contribution in [0, 0.1) is 49.4 Å². The lowest BCUT2D eigenvalue weighted by Crippen LogP contribution is -2.46. The number of imide groups is 1. The van der Waals surface area contributed by atoms with Crippen LogP contribution in [0.5, 0.6) is 0 Å². The average Bonchev–Trinajstić information content (AvgIpc) is 3.42. The zero-order valence-electron chi connectivity index (χ0n) is 15.8. The quantitative estimate of drug-likeness (QED) is 0.662. The van der Waals surface area contributed by atoms with E-state index < -0.39 is 6.04 Å². The number of amides is 3. The Kier molecular flexibility index (Phi) is 3.43. The van der Waals surface area contributed by atoms with Crippen LogP contribution in [0.2, 0.25) is 0 Å². The highest BCUT2D eigenvalue weighted by atomic mass is 16.2. The molecule has 1 N–H and O–H groups in total. The van der Waals surface area contributed by atoms with Crippen molar-refractivity contribution in [2.24, 2.45) is 35.5 Å². The van der Waals surface area contributed by atoms with Crippen LogP contribution in [0.25, 0.3) is 0 Å². The van der Waals surface area contributed by atoms with Gasteiger partial charge in [-0.3, -0.25) is 19.3 Å². The summed E-state index contributed by atoms with van der Waals surface area (Å²) < 4.78 is 0. The Hall–Kier alpha value is -2.43. The van der Waals surface area contributed by atoms with Crippen LogP contribution < -0.4 is 5.32 Å². The molecule has 1 aliphatic heterocycles. The van der Waals surface area contributed by atoms with Crippen molar-refractivity contribution in [2.45, 2.75) is 33.2 Å². The molecule has 4 aliphatic carbocycles. The average molecular weight is 364 g/mol. The molecule has 1 aromatic carbocycles. The molecule has 5 aliphatic rings. The van der Waals surface area contributed by atoms with Gasteiger partial charge in [-0.05, 0) is 68.1 Å². The minimum absolute atomic E-state index is 0.154. The number of aryl methyl sites for hydroxylation is 2. The number of hydrogen-bond acceptors (Lipinski definition) is 3. The van der Waals surface area contributed by atoms with Gasteiger partial charge >= 0.3 is 0 Å². The van der Waals surface area contributed by atoms with Crippen LogP contribution in [-0.2, 0) is 14.4 Å². The summed E-state index contributed by atoms with van der Waals surface area (Å²) in [4.78, 5) is 40.3. The zero-order chi connectivity index (χ0) is 19.0. The van der Waals surface area contributed by atoms with E-state index in [9.17, 15) is 14.4 Å². The molecule has 2 bridgehead atoms. The third-order valence-corrected chi connectivity index (χ3v) is 7.11. The summed E-state index contributed by atoms with van der Waals surface area (Å²) in [5.41, 5.74) is 2.73. The maximum Gasteiger partial charge on any atom is 0.247 e. The van der Waals surface area contributed by atoms with Crippen molar-refractivity contribution in [3.05, 3.63) is 41.5 Å². The molecule has 0 aromatic heterocycles. The Morgan fingerprint density at radius 2 is 1.67 bits per heavy atom. The second-order valence-electron chi connectivity index (χ2n) is 8.68. The Morgan fingerprint density at radius 3 is 2.26 bits per heavy atom. The number of likely N-dealkylation sites (tertiary alicyclic amines) is 1. The molecule has 6 rings (SSSR count). The number of anilines is 1. The molecule has 5 heteroatoms. The first-order valence-electron chi connectivity index (χ1n) is 9.82. The van der Waals surface area contributed by atoms with Crippen molar-refractivity contribution in [1.82, 2.24) is 4.90 Å². The van der Waals surface area contributed by atoms with Crippen LogP contribution in [0.1, 0.15) is 24.5 Å². The van der Waals surface area contributed by atoms with E-state index in [0.717, 1.165) is 23.2 Å². The number of nitrogens with zero attached hydrogens (tertiary/aromatic N) is 1. The molecule has 27 heavy (non-hydrogen) atoms. The lowest BCUT2D eigenvalue weighted by molar-refractivity contribution is -0.146. The highest BCUT2D eigenvalue weighted by molar-refractivity contribution is 6.10. The van der Waals surface area contributed by atoms with Gasteiger partial charge in [-0.15, -0.1) is 0 Å². The summed E-state index contributed by atoms with van der Waals surface area (Å²) in [6.07, 6.45) is 5.43. The Labute approximate surface area is 158 Å². The minimum atomic E-state index is -0.800. The molecule has 0 spiro atoms. The fourth-order valence-corrected chi connectivity index (χ4v) is 5.59. The monoisotopic (exact) mass is 364 g/mol. The van der Waals surface area contributed by atoms with E-state index >= 15 is 0 Å². The number of nitrogens with one attached hydrogen (secondary N) is 1. The Bertz CT molecular complexity index is 869. The van der Waals surface area contributed by atoms with E-state index in [1.165, 1.54) is 4.90 Å². The van der Waals surface area contributed by atoms with Gasteiger partial charge in [0.2, 0.25) is 17.7 Å². The molecule has 3 amide bonds. The molecule has 0 radical (unpaired) electrons. The number of carbonyl (C=O) groups excluding carboxylic acids is 3. The topological polar surface area (TPSA) is 66.5 Å². The summed E-state index contributed by atoms with van der Waals surface area (Å²) >= 11 is 0. The van der Waals surface area contributed by atoms with Gasteiger partial charge in [0, 0.05) is 5.69 Å². The first kappa shape index (κ1) is 16.7. The fourth-order valence-electron chi connectivity index (χ4n) is 5.59. The van der Waals surface area contributed by atoms with Gasteiger partial charge in [-0.1, -0.05) is 24.3 Å². The summed E-state index contributed by atoms with van der Waals surface area (Å²) in [5.74, 6) is 0.362. The highest BCUT2D eigenvalue weighted by Gasteiger charge is 2.67. The van der Waals surface area contributed by atoms with Gasteiger partial charge in [-0.25, -0.2) is 0 Å². The van der Waals surface area contributed by atoms with E-state index in [1.807, 2.05) is 32.0 Å². The molecule has 3 fully saturated rings. The summed E-state index contributed by atoms with van der Waals surface area (Å²) in [7, 11) is 0. The SMILES string of the molecule is Cc1ccc(C)c(NC(=O)C(C)N2C(=O)C3C4C=CC(C5CC45)C3C2=O)c1. The van der Waals surface area contributed by atoms with Gasteiger partial charge in [0.1, 0.15) is 6.04 Å². The van der Waals surface area contributed by atoms with Gasteiger partial charge in [0.05, 0.1) is 11.8 Å². The molecular formula is C22H24N2O3. The molecule has 5 nitrogen and oxygen atoms in total. The molecule has 140 valence electrons. The summed E-state index contributed by atoms with van der Waals surface area (Å²) in [6.45, 7) is 5.55. The first-order chi connectivity index (χ1) is 12.9. The number of allylic oxidation sites excluding steroid dienone is 2. The third kappa shape index (κ3) is 2.27. The van der Waals surface area contributed by atoms with Crippen LogP contribution >= 0.6 is 0 Å². The lowest BCUT2D eigenvalue weighted by Gasteiger charge is -2.37. The van der Waals surface area contributed by atoms with Crippen molar-refractivity contribution in [3.8, 4) is 0 Å². The number of hydrogen-bond donors (Lipinski definition) is 1. The van der Waals surface area contributed by atoms with Gasteiger partial charge in [0.15, 0.2) is 0 Å². The van der Waals surface area contributed by atoms with Crippen molar-refractivity contribution in [1.29, 1.82) is 0 Å². The maximum absolute atomic E-state index is 13.1. The van der Waals surface area contributed by atoms with Crippen molar-refractivity contribution in [3.63, 3.8) is 0 Å². The Balaban J connectivity index is 1.39. The number of rotatable bonds is 3. The number of benzene rings is 1. The van der Waals surface area contributed by atoms with E-state index in [0.29, 0.717) is 11.8 Å². The first-order valence-corrected chi connectivity index (χ1v) is 9.82. The largest absolute Gasteiger partial charge is 0.324 e. The smallest absolute Gasteiger partial charge is 0.247 e. The van der Waals surface area contributed by atoms with Gasteiger partial charge in [-0.2, -0.15) is 0 Å². The second-order valence-corrected chi connectivity index (χ2v) is 8.68. The molecular weight excluding hydrogens is 340 g/mol. The van der Waals surface area contributed by atoms with Crippen LogP contribution in [0.15, 0.2) is 30.4 Å². The molecule has 2 saturated carbocycles. The van der Waals surface area contributed by atoms with E-state index in [4.69, 9.17) is 0 Å². The molecule has 1 aromatic rings. The van der Waals surface area contributed by atoms with Crippen molar-refractivity contribution >= 4 is 23.4 Å².